The van der Waals surface area contributed by atoms with E-state index in [0.717, 1.165) is 22.4 Å². The molecule has 0 spiro atoms. The van der Waals surface area contributed by atoms with Gasteiger partial charge in [0, 0.05) is 49.9 Å². The normalized spacial score (nSPS) is 11.9. The molecule has 0 aliphatic rings. The van der Waals surface area contributed by atoms with Gasteiger partial charge < -0.3 is 10.1 Å². The molecule has 0 radical (unpaired) electrons. The van der Waals surface area contributed by atoms with Crippen LogP contribution in [0.4, 0.5) is 18.9 Å². The van der Waals surface area contributed by atoms with E-state index in [0.29, 0.717) is 28.5 Å². The zero-order valence-electron chi connectivity index (χ0n) is 15.6. The van der Waals surface area contributed by atoms with Crippen LogP contribution < -0.4 is 5.32 Å². The van der Waals surface area contributed by atoms with E-state index in [1.807, 2.05) is 0 Å². The van der Waals surface area contributed by atoms with Gasteiger partial charge in [0.05, 0.1) is 21.2 Å². The lowest BCUT2D eigenvalue weighted by atomic mass is 10.1. The SMILES string of the molecule is CNc1c(SCCCOC)sc2nc(-c3cnc(C)nc3)cc(C(F)(F)F)c12. The zero-order chi connectivity index (χ0) is 20.3. The number of halogens is 3. The average Bonchev–Trinajstić information content (AvgIpc) is 3.01. The Labute approximate surface area is 168 Å². The van der Waals surface area contributed by atoms with Crippen molar-refractivity contribution in [2.24, 2.45) is 0 Å². The molecule has 150 valence electrons. The molecule has 0 aromatic carbocycles. The van der Waals surface area contributed by atoms with Gasteiger partial charge in [-0.3, -0.25) is 0 Å². The van der Waals surface area contributed by atoms with Crippen LogP contribution in [-0.2, 0) is 10.9 Å². The lowest BCUT2D eigenvalue weighted by molar-refractivity contribution is -0.136. The maximum Gasteiger partial charge on any atom is 0.417 e. The van der Waals surface area contributed by atoms with Crippen LogP contribution in [0.15, 0.2) is 22.7 Å². The highest BCUT2D eigenvalue weighted by atomic mass is 32.2. The second-order valence-corrected chi connectivity index (χ2v) is 8.32. The molecule has 5 nitrogen and oxygen atoms in total. The Morgan fingerprint density at radius 2 is 1.96 bits per heavy atom. The molecule has 0 bridgehead atoms. The average molecular weight is 429 g/mol. The Bertz CT molecular complexity index is 958. The summed E-state index contributed by atoms with van der Waals surface area (Å²) in [5.74, 6) is 1.29. The van der Waals surface area contributed by atoms with Crippen LogP contribution in [-0.4, -0.2) is 41.5 Å². The number of nitrogens with one attached hydrogen (secondary N) is 1. The maximum atomic E-state index is 13.9. The number of thioether (sulfide) groups is 1. The van der Waals surface area contributed by atoms with Crippen LogP contribution >= 0.6 is 23.1 Å². The number of methoxy groups -OCH3 is 1. The van der Waals surface area contributed by atoms with Crippen LogP contribution in [0.25, 0.3) is 21.5 Å². The number of fused-ring (bicyclic) bond motifs is 1. The lowest BCUT2D eigenvalue weighted by Gasteiger charge is -2.12. The van der Waals surface area contributed by atoms with Crippen molar-refractivity contribution in [1.29, 1.82) is 0 Å². The molecular formula is C18H19F3N4OS2. The van der Waals surface area contributed by atoms with Gasteiger partial charge in [-0.15, -0.1) is 23.1 Å². The molecule has 3 rings (SSSR count). The van der Waals surface area contributed by atoms with Crippen LogP contribution in [0.5, 0.6) is 0 Å². The number of pyridine rings is 1. The number of anilines is 1. The molecule has 0 saturated heterocycles. The summed E-state index contributed by atoms with van der Waals surface area (Å²) in [7, 11) is 3.25. The van der Waals surface area contributed by atoms with E-state index in [2.05, 4.69) is 20.3 Å². The van der Waals surface area contributed by atoms with Crippen LogP contribution in [0, 0.1) is 6.92 Å². The predicted molar refractivity (Wildman–Crippen MR) is 107 cm³/mol. The minimum atomic E-state index is -4.51. The fraction of sp³-hybridized carbons (Fsp3) is 0.389. The quantitative estimate of drug-likeness (QED) is 0.410. The van der Waals surface area contributed by atoms with Crippen molar-refractivity contribution in [3.05, 3.63) is 29.8 Å². The highest BCUT2D eigenvalue weighted by Gasteiger charge is 2.36. The smallest absolute Gasteiger partial charge is 0.386 e. The molecule has 3 heterocycles. The minimum Gasteiger partial charge on any atom is -0.386 e. The second kappa shape index (κ2) is 8.62. The summed E-state index contributed by atoms with van der Waals surface area (Å²) < 4.78 is 47.4. The first-order valence-corrected chi connectivity index (χ1v) is 10.3. The molecule has 0 fully saturated rings. The Kier molecular flexibility index (Phi) is 6.41. The summed E-state index contributed by atoms with van der Waals surface area (Å²) in [4.78, 5) is 13.0. The number of nitrogens with zero attached hydrogens (tertiary/aromatic N) is 3. The van der Waals surface area contributed by atoms with E-state index >= 15 is 0 Å². The van der Waals surface area contributed by atoms with E-state index in [4.69, 9.17) is 4.74 Å². The van der Waals surface area contributed by atoms with Gasteiger partial charge in [0.1, 0.15) is 10.7 Å². The van der Waals surface area contributed by atoms with Crippen molar-refractivity contribution in [3.8, 4) is 11.3 Å². The molecule has 0 aliphatic carbocycles. The van der Waals surface area contributed by atoms with Crippen LogP contribution in [0.1, 0.15) is 17.8 Å². The van der Waals surface area contributed by atoms with E-state index in [1.165, 1.54) is 35.5 Å². The third-order valence-electron chi connectivity index (χ3n) is 3.99. The van der Waals surface area contributed by atoms with E-state index in [9.17, 15) is 13.2 Å². The first kappa shape index (κ1) is 20.8. The standard InChI is InChI=1S/C18H19F3N4OS2/c1-10-23-8-11(9-24-10)13-7-12(18(19,20)21)14-15(22-2)17(28-16(14)25-13)27-6-4-5-26-3/h7-9,22H,4-6H2,1-3H3. The van der Waals surface area contributed by atoms with Crippen molar-refractivity contribution in [2.45, 2.75) is 23.7 Å². The number of thiophene rings is 1. The largest absolute Gasteiger partial charge is 0.417 e. The first-order valence-electron chi connectivity index (χ1n) is 8.48. The van der Waals surface area contributed by atoms with Crippen LogP contribution in [0.2, 0.25) is 0 Å². The number of rotatable bonds is 7. The first-order chi connectivity index (χ1) is 13.3. The van der Waals surface area contributed by atoms with Crippen molar-refractivity contribution in [1.82, 2.24) is 15.0 Å². The van der Waals surface area contributed by atoms with Gasteiger partial charge in [-0.2, -0.15) is 13.2 Å². The van der Waals surface area contributed by atoms with Crippen molar-refractivity contribution in [2.75, 3.05) is 31.8 Å². The Morgan fingerprint density at radius 3 is 2.57 bits per heavy atom. The fourth-order valence-corrected chi connectivity index (χ4v) is 5.13. The summed E-state index contributed by atoms with van der Waals surface area (Å²) in [6.45, 7) is 2.32. The maximum absolute atomic E-state index is 13.9. The van der Waals surface area contributed by atoms with E-state index in [1.54, 1.807) is 21.1 Å². The lowest BCUT2D eigenvalue weighted by Crippen LogP contribution is -2.07. The molecule has 0 amide bonds. The van der Waals surface area contributed by atoms with Gasteiger partial charge in [0.25, 0.3) is 0 Å². The number of hydrogen-bond acceptors (Lipinski definition) is 7. The second-order valence-electron chi connectivity index (χ2n) is 5.96. The van der Waals surface area contributed by atoms with Gasteiger partial charge in [0.15, 0.2) is 0 Å². The number of aromatic nitrogens is 3. The minimum absolute atomic E-state index is 0.103. The molecule has 1 N–H and O–H groups in total. The van der Waals surface area contributed by atoms with Gasteiger partial charge in [-0.05, 0) is 19.4 Å². The molecular weight excluding hydrogens is 409 g/mol. The molecule has 28 heavy (non-hydrogen) atoms. The highest BCUT2D eigenvalue weighted by Crippen LogP contribution is 2.47. The molecule has 10 heteroatoms. The van der Waals surface area contributed by atoms with E-state index in [-0.39, 0.29) is 11.1 Å². The van der Waals surface area contributed by atoms with Gasteiger partial charge in [-0.1, -0.05) is 0 Å². The Balaban J connectivity index is 2.13. The molecule has 3 aromatic rings. The molecule has 0 unspecified atom stereocenters. The van der Waals surface area contributed by atoms with Crippen molar-refractivity contribution < 1.29 is 17.9 Å². The Hall–Kier alpha value is -1.91. The summed E-state index contributed by atoms with van der Waals surface area (Å²) in [5.41, 5.74) is 0.415. The highest BCUT2D eigenvalue weighted by molar-refractivity contribution is 8.01. The number of alkyl halides is 3. The number of hydrogen-bond donors (Lipinski definition) is 1. The monoisotopic (exact) mass is 428 g/mol. The molecule has 0 aliphatic heterocycles. The van der Waals surface area contributed by atoms with Gasteiger partial charge >= 0.3 is 6.18 Å². The fourth-order valence-electron chi connectivity index (χ4n) is 2.67. The van der Waals surface area contributed by atoms with E-state index < -0.39 is 11.7 Å². The zero-order valence-corrected chi connectivity index (χ0v) is 17.2. The van der Waals surface area contributed by atoms with Crippen molar-refractivity contribution >= 4 is 39.0 Å². The Morgan fingerprint density at radius 1 is 1.25 bits per heavy atom. The van der Waals surface area contributed by atoms with Crippen molar-refractivity contribution in [3.63, 3.8) is 0 Å². The summed E-state index contributed by atoms with van der Waals surface area (Å²) in [6.07, 6.45) is -0.719. The topological polar surface area (TPSA) is 59.9 Å². The molecule has 0 atom stereocenters. The third-order valence-corrected chi connectivity index (χ3v) is 6.43. The number of aryl methyl sites for hydroxylation is 1. The summed E-state index contributed by atoms with van der Waals surface area (Å²) >= 11 is 2.76. The summed E-state index contributed by atoms with van der Waals surface area (Å²) in [6, 6.07) is 1.07. The number of ether oxygens (including phenoxy) is 1. The molecule has 3 aromatic heterocycles. The van der Waals surface area contributed by atoms with Gasteiger partial charge in [0.2, 0.25) is 0 Å². The predicted octanol–water partition coefficient (Wildman–Crippen LogP) is 5.25. The molecule has 0 saturated carbocycles. The third kappa shape index (κ3) is 4.39. The van der Waals surface area contributed by atoms with Crippen LogP contribution in [0.3, 0.4) is 0 Å². The van der Waals surface area contributed by atoms with Gasteiger partial charge in [-0.25, -0.2) is 15.0 Å². The summed E-state index contributed by atoms with van der Waals surface area (Å²) in [5, 5.41) is 3.04.